The molecule has 0 saturated carbocycles. The van der Waals surface area contributed by atoms with Crippen molar-refractivity contribution >= 4 is 17.1 Å². The molecule has 0 atom stereocenters. The lowest BCUT2D eigenvalue weighted by Crippen LogP contribution is -1.97. The fourth-order valence-corrected chi connectivity index (χ4v) is 2.22. The number of ether oxygens (including phenoxy) is 2. The molecule has 1 aliphatic heterocycles. The van der Waals surface area contributed by atoms with Gasteiger partial charge in [0.05, 0.1) is 18.9 Å². The molecule has 0 spiro atoms. The van der Waals surface area contributed by atoms with Crippen molar-refractivity contribution in [2.75, 3.05) is 13.2 Å². The molecule has 3 rings (SSSR count). The minimum absolute atomic E-state index is 0.316. The minimum Gasteiger partial charge on any atom is -0.346 e. The van der Waals surface area contributed by atoms with Gasteiger partial charge in [-0.15, -0.1) is 0 Å². The zero-order valence-corrected chi connectivity index (χ0v) is 12.0. The zero-order chi connectivity index (χ0) is 14.5. The van der Waals surface area contributed by atoms with Crippen LogP contribution >= 0.6 is 0 Å². The van der Waals surface area contributed by atoms with E-state index in [-0.39, 0.29) is 6.29 Å². The van der Waals surface area contributed by atoms with Gasteiger partial charge in [0, 0.05) is 11.1 Å². The molecule has 0 aromatic heterocycles. The van der Waals surface area contributed by atoms with E-state index in [0.29, 0.717) is 13.2 Å². The van der Waals surface area contributed by atoms with Gasteiger partial charge in [0.15, 0.2) is 6.29 Å². The smallest absolute Gasteiger partial charge is 0.186 e. The number of rotatable bonds is 3. The van der Waals surface area contributed by atoms with E-state index in [4.69, 9.17) is 9.47 Å². The van der Waals surface area contributed by atoms with Gasteiger partial charge in [0.25, 0.3) is 0 Å². The first-order valence-electron chi connectivity index (χ1n) is 7.02. The van der Waals surface area contributed by atoms with Gasteiger partial charge in [-0.3, -0.25) is 0 Å². The molecule has 3 nitrogen and oxygen atoms in total. The predicted octanol–water partition coefficient (Wildman–Crippen LogP) is 4.14. The Bertz CT molecular complexity index is 667. The highest BCUT2D eigenvalue weighted by Crippen LogP contribution is 2.31. The van der Waals surface area contributed by atoms with Gasteiger partial charge in [-0.2, -0.15) is 0 Å². The van der Waals surface area contributed by atoms with Gasteiger partial charge in [0.1, 0.15) is 0 Å². The largest absolute Gasteiger partial charge is 0.346 e. The van der Waals surface area contributed by atoms with Gasteiger partial charge < -0.3 is 9.47 Å². The van der Waals surface area contributed by atoms with E-state index in [2.05, 4.69) is 10.9 Å². The summed E-state index contributed by atoms with van der Waals surface area (Å²) >= 11 is 0. The van der Waals surface area contributed by atoms with Crippen LogP contribution in [0.2, 0.25) is 0 Å². The van der Waals surface area contributed by atoms with Crippen molar-refractivity contribution in [3.05, 3.63) is 65.7 Å². The van der Waals surface area contributed by atoms with Crippen LogP contribution in [0.3, 0.4) is 0 Å². The Morgan fingerprint density at radius 1 is 1.00 bits per heavy atom. The van der Waals surface area contributed by atoms with Crippen molar-refractivity contribution in [2.24, 2.45) is 4.99 Å². The zero-order valence-electron chi connectivity index (χ0n) is 12.0. The van der Waals surface area contributed by atoms with Crippen LogP contribution in [-0.2, 0) is 9.47 Å². The van der Waals surface area contributed by atoms with Crippen molar-refractivity contribution in [1.29, 1.82) is 0 Å². The second kappa shape index (κ2) is 6.51. The maximum absolute atomic E-state index is 5.55. The number of nitrogens with zero attached hydrogens (tertiary/aromatic N) is 1. The fraction of sp³-hybridized carbons (Fsp3) is 0.222. The van der Waals surface area contributed by atoms with Gasteiger partial charge in [-0.05, 0) is 24.4 Å². The molecule has 0 aliphatic carbocycles. The van der Waals surface area contributed by atoms with Crippen LogP contribution in [0.5, 0.6) is 0 Å². The summed E-state index contributed by atoms with van der Waals surface area (Å²) in [6.07, 6.45) is -0.316. The summed E-state index contributed by atoms with van der Waals surface area (Å²) in [4.78, 5) is 4.48. The number of hydrogen-bond donors (Lipinski definition) is 0. The number of hydrogen-bond acceptors (Lipinski definition) is 3. The third-order valence-corrected chi connectivity index (χ3v) is 3.36. The molecule has 1 saturated heterocycles. The summed E-state index contributed by atoms with van der Waals surface area (Å²) in [7, 11) is 0. The monoisotopic (exact) mass is 279 g/mol. The van der Waals surface area contributed by atoms with E-state index in [1.54, 1.807) is 0 Å². The summed E-state index contributed by atoms with van der Waals surface area (Å²) in [6.45, 7) is 3.26. The van der Waals surface area contributed by atoms with Gasteiger partial charge in [-0.1, -0.05) is 48.5 Å². The van der Waals surface area contributed by atoms with Gasteiger partial charge in [-0.25, -0.2) is 4.99 Å². The number of allylic oxidation sites excluding steroid dienone is 1. The van der Waals surface area contributed by atoms with E-state index < -0.39 is 0 Å². The summed E-state index contributed by atoms with van der Waals surface area (Å²) < 4.78 is 11.1. The molecule has 0 radical (unpaired) electrons. The summed E-state index contributed by atoms with van der Waals surface area (Å²) in [5.74, 6) is 3.11. The first kappa shape index (κ1) is 13.8. The van der Waals surface area contributed by atoms with Crippen LogP contribution in [0, 0.1) is 0 Å². The molecule has 3 heteroatoms. The van der Waals surface area contributed by atoms with Crippen molar-refractivity contribution in [2.45, 2.75) is 13.2 Å². The standard InChI is InChI=1S/C18H17NO2/c1-14(15-7-3-2-4-8-15)13-19-17-10-6-5-9-16(17)18-20-11-12-21-18/h2-10,18H,11-12H2,1H3. The average Bonchev–Trinajstić information content (AvgIpc) is 3.08. The summed E-state index contributed by atoms with van der Waals surface area (Å²) in [6, 6.07) is 18.0. The van der Waals surface area contributed by atoms with Crippen LogP contribution < -0.4 is 0 Å². The highest BCUT2D eigenvalue weighted by Gasteiger charge is 2.20. The van der Waals surface area contributed by atoms with Gasteiger partial charge >= 0.3 is 0 Å². The first-order valence-corrected chi connectivity index (χ1v) is 7.02. The van der Waals surface area contributed by atoms with Crippen molar-refractivity contribution in [3.63, 3.8) is 0 Å². The molecule has 2 aromatic rings. The first-order chi connectivity index (χ1) is 10.3. The van der Waals surface area contributed by atoms with Crippen LogP contribution in [0.25, 0.3) is 5.57 Å². The topological polar surface area (TPSA) is 30.8 Å². The second-order valence-corrected chi connectivity index (χ2v) is 4.85. The Balaban J connectivity index is 1.92. The lowest BCUT2D eigenvalue weighted by Gasteiger charge is -2.10. The Hall–Kier alpha value is -2.19. The number of para-hydroxylation sites is 1. The molecule has 1 aliphatic rings. The van der Waals surface area contributed by atoms with Crippen molar-refractivity contribution in [1.82, 2.24) is 0 Å². The molecule has 0 amide bonds. The molecular weight excluding hydrogens is 262 g/mol. The Kier molecular flexibility index (Phi) is 4.27. The maximum Gasteiger partial charge on any atom is 0.186 e. The predicted molar refractivity (Wildman–Crippen MR) is 83.7 cm³/mol. The quantitative estimate of drug-likeness (QED) is 0.791. The lowest BCUT2D eigenvalue weighted by atomic mass is 10.1. The Morgan fingerprint density at radius 2 is 1.67 bits per heavy atom. The maximum atomic E-state index is 5.55. The van der Waals surface area contributed by atoms with Crippen LogP contribution in [0.15, 0.2) is 59.6 Å². The molecule has 106 valence electrons. The molecule has 1 heterocycles. The highest BCUT2D eigenvalue weighted by atomic mass is 16.7. The lowest BCUT2D eigenvalue weighted by molar-refractivity contribution is -0.0436. The van der Waals surface area contributed by atoms with E-state index >= 15 is 0 Å². The number of benzene rings is 2. The van der Waals surface area contributed by atoms with Crippen LogP contribution in [-0.4, -0.2) is 19.1 Å². The fourth-order valence-electron chi connectivity index (χ4n) is 2.22. The second-order valence-electron chi connectivity index (χ2n) is 4.85. The summed E-state index contributed by atoms with van der Waals surface area (Å²) in [5, 5.41) is 0. The van der Waals surface area contributed by atoms with E-state index in [9.17, 15) is 0 Å². The Morgan fingerprint density at radius 3 is 2.43 bits per heavy atom. The molecule has 1 fully saturated rings. The van der Waals surface area contributed by atoms with Crippen molar-refractivity contribution in [3.8, 4) is 0 Å². The van der Waals surface area contributed by atoms with E-state index in [1.165, 1.54) is 0 Å². The highest BCUT2D eigenvalue weighted by molar-refractivity contribution is 5.89. The van der Waals surface area contributed by atoms with Crippen molar-refractivity contribution < 1.29 is 9.47 Å². The normalized spacial score (nSPS) is 14.7. The molecule has 0 unspecified atom stereocenters. The number of aliphatic imine (C=N–C) groups is 1. The van der Waals surface area contributed by atoms with Gasteiger partial charge in [0.2, 0.25) is 0 Å². The van der Waals surface area contributed by atoms with Crippen LogP contribution in [0.4, 0.5) is 5.69 Å². The summed E-state index contributed by atoms with van der Waals surface area (Å²) in [5.41, 5.74) is 3.90. The molecule has 0 N–H and O–H groups in total. The van der Waals surface area contributed by atoms with Crippen LogP contribution in [0.1, 0.15) is 24.3 Å². The van der Waals surface area contributed by atoms with E-state index in [0.717, 1.165) is 22.4 Å². The third kappa shape index (κ3) is 3.29. The minimum atomic E-state index is -0.316. The SMILES string of the molecule is CC(=C=Nc1ccccc1C1OCCO1)c1ccccc1. The molecule has 0 bridgehead atoms. The molecule has 2 aromatic carbocycles. The molecular formula is C18H17NO2. The Labute approximate surface area is 124 Å². The third-order valence-electron chi connectivity index (χ3n) is 3.36. The molecule has 21 heavy (non-hydrogen) atoms. The van der Waals surface area contributed by atoms with E-state index in [1.807, 2.05) is 61.5 Å². The average molecular weight is 279 g/mol.